The number of benzene rings is 4. The monoisotopic (exact) mass is 1380 g/mol. The van der Waals surface area contributed by atoms with Crippen molar-refractivity contribution in [3.63, 3.8) is 0 Å². The number of nitrogens with one attached hydrogen (secondary N) is 2. The van der Waals surface area contributed by atoms with Gasteiger partial charge in [-0.2, -0.15) is 0 Å². The summed E-state index contributed by atoms with van der Waals surface area (Å²) < 4.78 is 14.1. The van der Waals surface area contributed by atoms with E-state index in [0.29, 0.717) is 44.7 Å². The van der Waals surface area contributed by atoms with Crippen molar-refractivity contribution in [3.8, 4) is 33.8 Å². The SMILES string of the molecule is CCCCCCCCCCOc1cccc(-c2c3nc(c(CC(=O)c4cccc([N+](C)(C)C)c4)c4nc(c(-c5cccc(OCCCCCCCCCC)c5)c5ccc([nH]5)c(CC(=O)c5cccc([N+](C)(C)C)c5)c5ccc2[nH]5)C=C4)C=C3)c1.[I-].[I-]. The van der Waals surface area contributed by atoms with Gasteiger partial charge in [0.05, 0.1) is 78.3 Å². The summed E-state index contributed by atoms with van der Waals surface area (Å²) in [5, 5.41) is 0. The minimum absolute atomic E-state index is 0. The molecule has 0 spiro atoms. The molecule has 2 aliphatic rings. The van der Waals surface area contributed by atoms with Crippen LogP contribution in [0.1, 0.15) is 171 Å². The number of halogens is 2. The lowest BCUT2D eigenvalue weighted by atomic mass is 10.00. The summed E-state index contributed by atoms with van der Waals surface area (Å²) in [7, 11) is 12.7. The quantitative estimate of drug-likeness (QED) is 0.0201. The molecule has 9 rings (SSSR count). The van der Waals surface area contributed by atoms with Gasteiger partial charge in [0.1, 0.15) is 22.9 Å². The van der Waals surface area contributed by atoms with Gasteiger partial charge in [0.15, 0.2) is 11.6 Å². The lowest BCUT2D eigenvalue weighted by molar-refractivity contribution is -0.00100. The Morgan fingerprint density at radius 2 is 0.767 bits per heavy atom. The Labute approximate surface area is 546 Å². The van der Waals surface area contributed by atoms with E-state index in [9.17, 15) is 9.59 Å². The van der Waals surface area contributed by atoms with Crippen LogP contribution >= 0.6 is 0 Å². The highest BCUT2D eigenvalue weighted by Gasteiger charge is 2.24. The zero-order valence-electron chi connectivity index (χ0n) is 52.2. The Morgan fingerprint density at radius 1 is 0.407 bits per heavy atom. The number of hydrogen-bond acceptors (Lipinski definition) is 6. The van der Waals surface area contributed by atoms with Gasteiger partial charge < -0.3 is 67.4 Å². The number of ketones is 2. The number of Topliss-reactive ketones (excluding diaryl/α,β-unsaturated/α-hetero) is 2. The minimum Gasteiger partial charge on any atom is -1.00 e. The van der Waals surface area contributed by atoms with Crippen molar-refractivity contribution in [2.24, 2.45) is 0 Å². The second kappa shape index (κ2) is 32.2. The Morgan fingerprint density at radius 3 is 1.17 bits per heavy atom. The number of ether oxygens (including phenoxy) is 2. The van der Waals surface area contributed by atoms with Crippen LogP contribution in [0.5, 0.6) is 11.5 Å². The lowest BCUT2D eigenvalue weighted by Gasteiger charge is -2.23. The second-order valence-corrected chi connectivity index (χ2v) is 24.7. The summed E-state index contributed by atoms with van der Waals surface area (Å²) in [6, 6.07) is 40.8. The lowest BCUT2D eigenvalue weighted by Crippen LogP contribution is -3.00. The van der Waals surface area contributed by atoms with Gasteiger partial charge in [-0.3, -0.25) is 18.6 Å². The first-order chi connectivity index (χ1) is 40.7. The van der Waals surface area contributed by atoms with E-state index in [2.05, 4.69) is 127 Å². The van der Waals surface area contributed by atoms with E-state index in [1.54, 1.807) is 0 Å². The number of fused-ring (bicyclic) bond motifs is 8. The molecule has 8 bridgehead atoms. The van der Waals surface area contributed by atoms with Gasteiger partial charge in [0.25, 0.3) is 0 Å². The van der Waals surface area contributed by atoms with Gasteiger partial charge in [0, 0.05) is 80.4 Å². The number of nitrogens with zero attached hydrogens (tertiary/aromatic N) is 4. The molecule has 4 aromatic carbocycles. The number of carbonyl (C=O) groups is 2. The minimum atomic E-state index is -0.0234. The van der Waals surface area contributed by atoms with E-state index in [-0.39, 0.29) is 72.4 Å². The maximum atomic E-state index is 14.8. The third-order valence-electron chi connectivity index (χ3n) is 16.3. The van der Waals surface area contributed by atoms with Crippen LogP contribution < -0.4 is 66.4 Å². The van der Waals surface area contributed by atoms with Crippen molar-refractivity contribution < 1.29 is 67.0 Å². The molecular weight excluding hydrogens is 1290 g/mol. The first kappa shape index (κ1) is 67.3. The van der Waals surface area contributed by atoms with Crippen LogP contribution in [0, 0.1) is 0 Å². The van der Waals surface area contributed by atoms with Gasteiger partial charge in [-0.05, 0) is 109 Å². The largest absolute Gasteiger partial charge is 1.00 e. The summed E-state index contributed by atoms with van der Waals surface area (Å²) in [4.78, 5) is 48.2. The number of hydrogen-bond donors (Lipinski definition) is 2. The molecule has 0 saturated heterocycles. The number of aromatic amines is 2. The predicted octanol–water partition coefficient (Wildman–Crippen LogP) is 12.3. The molecule has 2 N–H and O–H groups in total. The Bertz CT molecular complexity index is 3490. The molecule has 454 valence electrons. The highest BCUT2D eigenvalue weighted by Crippen LogP contribution is 2.37. The summed E-state index contributed by atoms with van der Waals surface area (Å²) in [5.74, 6) is 1.56. The van der Waals surface area contributed by atoms with Crippen molar-refractivity contribution in [2.75, 3.05) is 55.5 Å². The molecule has 2 aliphatic heterocycles. The molecule has 0 radical (unpaired) electrons. The first-order valence-corrected chi connectivity index (χ1v) is 31.2. The van der Waals surface area contributed by atoms with Gasteiger partial charge >= 0.3 is 0 Å². The van der Waals surface area contributed by atoms with Crippen LogP contribution in [0.15, 0.2) is 121 Å². The Balaban J connectivity index is 0.00000529. The number of unbranched alkanes of at least 4 members (excludes halogenated alkanes) is 14. The maximum absolute atomic E-state index is 14.8. The van der Waals surface area contributed by atoms with E-state index in [4.69, 9.17) is 19.4 Å². The fraction of sp³-hybridized carbons (Fsp3) is 0.378. The van der Waals surface area contributed by atoms with Gasteiger partial charge in [-0.15, -0.1) is 0 Å². The smallest absolute Gasteiger partial charge is 0.167 e. The van der Waals surface area contributed by atoms with Crippen molar-refractivity contribution >= 4 is 69.3 Å². The number of aromatic nitrogens is 4. The van der Waals surface area contributed by atoms with E-state index in [0.717, 1.165) is 115 Å². The fourth-order valence-corrected chi connectivity index (χ4v) is 11.4. The molecule has 10 nitrogen and oxygen atoms in total. The van der Waals surface area contributed by atoms with Gasteiger partial charge in [0.2, 0.25) is 0 Å². The molecule has 3 aromatic heterocycles. The molecule has 0 amide bonds. The Kier molecular flexibility index (Phi) is 25.2. The first-order valence-electron chi connectivity index (χ1n) is 31.2. The maximum Gasteiger partial charge on any atom is 0.167 e. The molecule has 0 saturated carbocycles. The molecule has 7 aromatic rings. The predicted molar refractivity (Wildman–Crippen MR) is 354 cm³/mol. The van der Waals surface area contributed by atoms with Crippen LogP contribution in [-0.4, -0.2) is 87.0 Å². The summed E-state index contributed by atoms with van der Waals surface area (Å²) in [5.41, 5.74) is 14.5. The van der Waals surface area contributed by atoms with Gasteiger partial charge in [-0.25, -0.2) is 9.97 Å². The average Bonchev–Trinajstić information content (AvgIpc) is 1.89. The van der Waals surface area contributed by atoms with Crippen molar-refractivity contribution in [3.05, 3.63) is 166 Å². The molecule has 86 heavy (non-hydrogen) atoms. The number of H-pyrrole nitrogens is 2. The van der Waals surface area contributed by atoms with E-state index < -0.39 is 0 Å². The molecule has 5 heterocycles. The van der Waals surface area contributed by atoms with Crippen molar-refractivity contribution in [1.29, 1.82) is 0 Å². The van der Waals surface area contributed by atoms with Crippen LogP contribution in [0.2, 0.25) is 0 Å². The highest BCUT2D eigenvalue weighted by atomic mass is 127. The Hall–Kier alpha value is -6.20. The fourth-order valence-electron chi connectivity index (χ4n) is 11.4. The zero-order valence-corrected chi connectivity index (χ0v) is 56.5. The second-order valence-electron chi connectivity index (χ2n) is 24.7. The van der Waals surface area contributed by atoms with Gasteiger partial charge in [-0.1, -0.05) is 152 Å². The average molecular weight is 1380 g/mol. The van der Waals surface area contributed by atoms with Crippen molar-refractivity contribution in [2.45, 2.75) is 129 Å². The summed E-state index contributed by atoms with van der Waals surface area (Å²) in [6.45, 7) is 5.79. The number of quaternary nitrogens is 2. The van der Waals surface area contributed by atoms with E-state index in [1.165, 1.54) is 77.0 Å². The van der Waals surface area contributed by atoms with E-state index >= 15 is 0 Å². The zero-order chi connectivity index (χ0) is 59.1. The van der Waals surface area contributed by atoms with E-state index in [1.807, 2.05) is 85.0 Å². The van der Waals surface area contributed by atoms with Crippen LogP contribution in [0.4, 0.5) is 11.4 Å². The molecule has 0 atom stereocenters. The number of carbonyl (C=O) groups excluding carboxylic acids is 2. The van der Waals surface area contributed by atoms with Crippen molar-refractivity contribution in [1.82, 2.24) is 28.9 Å². The third-order valence-corrected chi connectivity index (χ3v) is 16.3. The standard InChI is InChI=1S/C74H90N6O4.2HI/c1-9-11-13-15-17-19-21-23-45-83-59-35-27-31-55(49-59)73-67-41-37-63(75-67)61(51-71(81)53-29-25-33-57(47-53)79(3,4)5)65-39-43-69(77-65)74(56-32-28-36-60(50-56)84-46-24-22-20-18-16-14-12-10-2)70-44-40-66(78-70)62(64-38-42-68(73)76-64)52-72(82)54-30-26-34-58(48-54)80(6,7)8;;/h25-44,47-50,75,77H,9-24,45-46,51-52H2,1-8H3;2*1H/q+2;;/p-2. The third kappa shape index (κ3) is 18.0. The van der Waals surface area contributed by atoms with Crippen LogP contribution in [-0.2, 0) is 12.8 Å². The topological polar surface area (TPSA) is 110 Å². The number of rotatable bonds is 30. The summed E-state index contributed by atoms with van der Waals surface area (Å²) >= 11 is 0. The highest BCUT2D eigenvalue weighted by molar-refractivity contribution is 6.02. The molecule has 0 unspecified atom stereocenters. The molecule has 0 fully saturated rings. The van der Waals surface area contributed by atoms with Crippen LogP contribution in [0.25, 0.3) is 68.6 Å². The molecule has 12 heteroatoms. The van der Waals surface area contributed by atoms with Crippen LogP contribution in [0.3, 0.4) is 0 Å². The normalized spacial score (nSPS) is 12.0. The molecule has 0 aliphatic carbocycles. The molecular formula is C74H90I2N6O4. The summed E-state index contributed by atoms with van der Waals surface area (Å²) in [6.07, 6.45) is 28.0.